The molecule has 1 fully saturated rings. The molecule has 0 bridgehead atoms. The minimum atomic E-state index is 0.384. The molecule has 2 N–H and O–H groups in total. The van der Waals surface area contributed by atoms with E-state index >= 15 is 0 Å². The predicted molar refractivity (Wildman–Crippen MR) is 55.9 cm³/mol. The minimum absolute atomic E-state index is 0.384. The fourth-order valence-electron chi connectivity index (χ4n) is 1.74. The van der Waals surface area contributed by atoms with Crippen molar-refractivity contribution in [3.05, 3.63) is 18.0 Å². The molecule has 1 saturated heterocycles. The number of likely N-dealkylation sites (tertiary alicyclic amines) is 1. The Bertz CT molecular complexity index is 299. The summed E-state index contributed by atoms with van der Waals surface area (Å²) < 4.78 is 2.00. The van der Waals surface area contributed by atoms with E-state index in [1.165, 1.54) is 5.56 Å². The van der Waals surface area contributed by atoms with Gasteiger partial charge in [-0.25, -0.2) is 0 Å². The van der Waals surface area contributed by atoms with E-state index < -0.39 is 0 Å². The lowest BCUT2D eigenvalue weighted by Crippen LogP contribution is -2.54. The minimum Gasteiger partial charge on any atom is -0.325 e. The largest absolute Gasteiger partial charge is 0.325 e. The van der Waals surface area contributed by atoms with Gasteiger partial charge in [0.05, 0.1) is 6.20 Å². The van der Waals surface area contributed by atoms with E-state index in [9.17, 15) is 0 Å². The molecule has 4 nitrogen and oxygen atoms in total. The summed E-state index contributed by atoms with van der Waals surface area (Å²) in [5.41, 5.74) is 7.00. The fourth-order valence-corrected chi connectivity index (χ4v) is 1.74. The average molecular weight is 194 g/mol. The van der Waals surface area contributed by atoms with E-state index in [1.54, 1.807) is 0 Å². The molecular formula is C10H18N4. The first-order valence-electron chi connectivity index (χ1n) is 5.16. The average Bonchev–Trinajstić information content (AvgIpc) is 2.50. The van der Waals surface area contributed by atoms with Gasteiger partial charge in [0.25, 0.3) is 0 Å². The highest BCUT2D eigenvalue weighted by molar-refractivity contribution is 5.05. The number of nitrogens with zero attached hydrogens (tertiary/aromatic N) is 3. The van der Waals surface area contributed by atoms with E-state index in [-0.39, 0.29) is 0 Å². The van der Waals surface area contributed by atoms with Crippen LogP contribution < -0.4 is 5.73 Å². The highest BCUT2D eigenvalue weighted by Gasteiger charge is 2.22. The standard InChI is InChI=1S/C10H18N4/c1-8(2)14-5-9(3-12-14)4-13-6-10(11)7-13/h3,5,8,10H,4,6-7,11H2,1-2H3. The molecule has 0 amide bonds. The molecule has 0 radical (unpaired) electrons. The van der Waals surface area contributed by atoms with Crippen molar-refractivity contribution in [1.29, 1.82) is 0 Å². The molecule has 1 aliphatic rings. The smallest absolute Gasteiger partial charge is 0.0534 e. The maximum Gasteiger partial charge on any atom is 0.0534 e. The Labute approximate surface area is 84.7 Å². The third-order valence-electron chi connectivity index (χ3n) is 2.58. The number of hydrogen-bond donors (Lipinski definition) is 1. The molecular weight excluding hydrogens is 176 g/mol. The number of nitrogens with two attached hydrogens (primary N) is 1. The Morgan fingerprint density at radius 1 is 1.57 bits per heavy atom. The van der Waals surface area contributed by atoms with Crippen LogP contribution in [-0.2, 0) is 6.54 Å². The van der Waals surface area contributed by atoms with Crippen LogP contribution in [0.25, 0.3) is 0 Å². The molecule has 2 heterocycles. The van der Waals surface area contributed by atoms with E-state index in [4.69, 9.17) is 5.73 Å². The van der Waals surface area contributed by atoms with Crippen LogP contribution in [0.5, 0.6) is 0 Å². The third-order valence-corrected chi connectivity index (χ3v) is 2.58. The van der Waals surface area contributed by atoms with Crippen molar-refractivity contribution in [2.45, 2.75) is 32.5 Å². The molecule has 1 aromatic rings. The first-order valence-corrected chi connectivity index (χ1v) is 5.16. The van der Waals surface area contributed by atoms with Gasteiger partial charge in [0, 0.05) is 43.5 Å². The lowest BCUT2D eigenvalue weighted by atomic mass is 10.1. The van der Waals surface area contributed by atoms with Crippen molar-refractivity contribution in [3.63, 3.8) is 0 Å². The quantitative estimate of drug-likeness (QED) is 0.766. The van der Waals surface area contributed by atoms with Crippen LogP contribution in [0.2, 0.25) is 0 Å². The first-order chi connectivity index (χ1) is 6.65. The van der Waals surface area contributed by atoms with Crippen LogP contribution in [0.3, 0.4) is 0 Å². The van der Waals surface area contributed by atoms with Gasteiger partial charge in [-0.05, 0) is 13.8 Å². The second-order valence-corrected chi connectivity index (χ2v) is 4.38. The zero-order valence-corrected chi connectivity index (χ0v) is 8.85. The van der Waals surface area contributed by atoms with Gasteiger partial charge in [0.15, 0.2) is 0 Å². The number of rotatable bonds is 3. The molecule has 14 heavy (non-hydrogen) atoms. The summed E-state index contributed by atoms with van der Waals surface area (Å²) in [5, 5.41) is 4.30. The van der Waals surface area contributed by atoms with Crippen molar-refractivity contribution < 1.29 is 0 Å². The van der Waals surface area contributed by atoms with Gasteiger partial charge in [0.1, 0.15) is 0 Å². The number of aromatic nitrogens is 2. The van der Waals surface area contributed by atoms with Gasteiger partial charge in [-0.2, -0.15) is 5.10 Å². The molecule has 78 valence electrons. The van der Waals surface area contributed by atoms with E-state index in [1.807, 2.05) is 10.9 Å². The van der Waals surface area contributed by atoms with Crippen molar-refractivity contribution in [1.82, 2.24) is 14.7 Å². The molecule has 4 heteroatoms. The Balaban J connectivity index is 1.90. The molecule has 0 unspecified atom stereocenters. The van der Waals surface area contributed by atoms with Gasteiger partial charge in [-0.15, -0.1) is 0 Å². The number of hydrogen-bond acceptors (Lipinski definition) is 3. The van der Waals surface area contributed by atoms with E-state index in [0.29, 0.717) is 12.1 Å². The van der Waals surface area contributed by atoms with Crippen LogP contribution in [0, 0.1) is 0 Å². The zero-order chi connectivity index (χ0) is 10.1. The normalized spacial score (nSPS) is 18.9. The lowest BCUT2D eigenvalue weighted by Gasteiger charge is -2.36. The van der Waals surface area contributed by atoms with Crippen LogP contribution >= 0.6 is 0 Å². The Kier molecular flexibility index (Phi) is 2.56. The Morgan fingerprint density at radius 3 is 2.79 bits per heavy atom. The second kappa shape index (κ2) is 3.71. The lowest BCUT2D eigenvalue weighted by molar-refractivity contribution is 0.142. The highest BCUT2D eigenvalue weighted by Crippen LogP contribution is 2.12. The van der Waals surface area contributed by atoms with Crippen LogP contribution in [0.15, 0.2) is 12.4 Å². The zero-order valence-electron chi connectivity index (χ0n) is 8.85. The first kappa shape index (κ1) is 9.68. The van der Waals surface area contributed by atoms with Crippen LogP contribution in [0.1, 0.15) is 25.5 Å². The molecule has 2 rings (SSSR count). The van der Waals surface area contributed by atoms with E-state index in [0.717, 1.165) is 19.6 Å². The molecule has 0 spiro atoms. The highest BCUT2D eigenvalue weighted by atomic mass is 15.3. The molecule has 1 aromatic heterocycles. The van der Waals surface area contributed by atoms with Gasteiger partial charge in [0.2, 0.25) is 0 Å². The predicted octanol–water partition coefficient (Wildman–Crippen LogP) is 0.607. The summed E-state index contributed by atoms with van der Waals surface area (Å²) >= 11 is 0. The van der Waals surface area contributed by atoms with Gasteiger partial charge < -0.3 is 5.73 Å². The molecule has 0 aliphatic carbocycles. The van der Waals surface area contributed by atoms with Crippen molar-refractivity contribution in [2.75, 3.05) is 13.1 Å². The Morgan fingerprint density at radius 2 is 2.29 bits per heavy atom. The van der Waals surface area contributed by atoms with E-state index in [2.05, 4.69) is 30.0 Å². The fraction of sp³-hybridized carbons (Fsp3) is 0.700. The van der Waals surface area contributed by atoms with Crippen LogP contribution in [0.4, 0.5) is 0 Å². The summed E-state index contributed by atoms with van der Waals surface area (Å²) in [5.74, 6) is 0. The maximum absolute atomic E-state index is 5.71. The summed E-state index contributed by atoms with van der Waals surface area (Å²) in [7, 11) is 0. The monoisotopic (exact) mass is 194 g/mol. The topological polar surface area (TPSA) is 47.1 Å². The van der Waals surface area contributed by atoms with Crippen LogP contribution in [-0.4, -0.2) is 33.8 Å². The Hall–Kier alpha value is -0.870. The third kappa shape index (κ3) is 1.96. The summed E-state index contributed by atoms with van der Waals surface area (Å²) in [6.07, 6.45) is 4.07. The van der Waals surface area contributed by atoms with Crippen molar-refractivity contribution >= 4 is 0 Å². The summed E-state index contributed by atoms with van der Waals surface area (Å²) in [6.45, 7) is 7.30. The van der Waals surface area contributed by atoms with Crippen molar-refractivity contribution in [2.24, 2.45) is 5.73 Å². The summed E-state index contributed by atoms with van der Waals surface area (Å²) in [4.78, 5) is 2.34. The van der Waals surface area contributed by atoms with Gasteiger partial charge in [-0.1, -0.05) is 0 Å². The molecule has 0 atom stereocenters. The maximum atomic E-state index is 5.71. The van der Waals surface area contributed by atoms with Crippen molar-refractivity contribution in [3.8, 4) is 0 Å². The molecule has 1 aliphatic heterocycles. The van der Waals surface area contributed by atoms with Gasteiger partial charge in [-0.3, -0.25) is 9.58 Å². The second-order valence-electron chi connectivity index (χ2n) is 4.38. The molecule has 0 saturated carbocycles. The summed E-state index contributed by atoms with van der Waals surface area (Å²) in [6, 6.07) is 0.831. The van der Waals surface area contributed by atoms with Gasteiger partial charge >= 0.3 is 0 Å². The molecule has 0 aromatic carbocycles. The SMILES string of the molecule is CC(C)n1cc(CN2CC(N)C2)cn1.